The number of hydrogen-bond acceptors (Lipinski definition) is 0. The maximum atomic E-state index is 11.6. The molecule has 2 aromatic rings. The Labute approximate surface area is 259 Å². The largest absolute Gasteiger partial charge is 0.493 e. The van der Waals surface area contributed by atoms with E-state index in [2.05, 4.69) is 76.2 Å². The Morgan fingerprint density at radius 1 is 0.405 bits per heavy atom. The van der Waals surface area contributed by atoms with Gasteiger partial charge in [-0.1, -0.05) is 117 Å². The second-order valence-electron chi connectivity index (χ2n) is 12.7. The van der Waals surface area contributed by atoms with Crippen LogP contribution in [0.2, 0.25) is 0 Å². The van der Waals surface area contributed by atoms with Crippen LogP contribution in [-0.2, 0) is 25.7 Å². The molecule has 0 aliphatic carbocycles. The molecule has 2 heteroatoms. The molecule has 0 aromatic heterocycles. The van der Waals surface area contributed by atoms with Gasteiger partial charge in [0, 0.05) is 23.3 Å². The van der Waals surface area contributed by atoms with E-state index >= 15 is 0 Å². The number of benzene rings is 2. The molecule has 2 aromatic carbocycles. The molecule has 42 heavy (non-hydrogen) atoms. The molecule has 0 atom stereocenters. The summed E-state index contributed by atoms with van der Waals surface area (Å²) in [6, 6.07) is 14.2. The van der Waals surface area contributed by atoms with Gasteiger partial charge in [-0.25, -0.2) is 4.70 Å². The van der Waals surface area contributed by atoms with E-state index in [1.54, 1.807) is 0 Å². The lowest BCUT2D eigenvalue weighted by Crippen LogP contribution is -2.04. The molecular weight excluding hydrogens is 508 g/mol. The normalized spacial score (nSPS) is 13.1. The second kappa shape index (κ2) is 19.7. The van der Waals surface area contributed by atoms with Crippen LogP contribution in [0.15, 0.2) is 48.6 Å². The lowest BCUT2D eigenvalue weighted by molar-refractivity contribution is -0.344. The first-order chi connectivity index (χ1) is 20.6. The zero-order chi connectivity index (χ0) is 30.0. The van der Waals surface area contributed by atoms with Crippen molar-refractivity contribution in [2.45, 2.75) is 156 Å². The molecule has 0 saturated carbocycles. The van der Waals surface area contributed by atoms with E-state index < -0.39 is 0 Å². The molecule has 0 radical (unpaired) electrons. The predicted molar refractivity (Wildman–Crippen MR) is 184 cm³/mol. The van der Waals surface area contributed by atoms with E-state index in [1.165, 1.54) is 130 Å². The molecule has 0 saturated heterocycles. The van der Waals surface area contributed by atoms with Crippen molar-refractivity contribution in [2.24, 2.45) is 0 Å². The summed E-state index contributed by atoms with van der Waals surface area (Å²) in [7, 11) is 0. The van der Waals surface area contributed by atoms with Gasteiger partial charge in [0.2, 0.25) is 11.4 Å². The topological polar surface area (TPSA) is 25.3 Å². The Bertz CT molecular complexity index is 1000. The SMILES string of the molecule is CCCCCCc1cc(CCCCCC)cc(C2=CC=C(c3cc(CCCCCC)cc(CCCCCC)c3)[N+]2=[N-])c1. The van der Waals surface area contributed by atoms with Gasteiger partial charge in [0.25, 0.3) is 0 Å². The van der Waals surface area contributed by atoms with Crippen molar-refractivity contribution in [2.75, 3.05) is 0 Å². The van der Waals surface area contributed by atoms with Crippen LogP contribution in [-0.4, -0.2) is 4.70 Å². The fourth-order valence-electron chi connectivity index (χ4n) is 6.29. The predicted octanol–water partition coefficient (Wildman–Crippen LogP) is 12.6. The maximum Gasteiger partial charge on any atom is 0.207 e. The third kappa shape index (κ3) is 11.3. The fourth-order valence-corrected chi connectivity index (χ4v) is 6.29. The molecule has 1 aliphatic heterocycles. The molecule has 0 amide bonds. The van der Waals surface area contributed by atoms with Gasteiger partial charge in [0.05, 0.1) is 0 Å². The molecule has 3 rings (SSSR count). The minimum absolute atomic E-state index is 0.910. The lowest BCUT2D eigenvalue weighted by Gasteiger charge is -2.14. The minimum Gasteiger partial charge on any atom is -0.493 e. The highest BCUT2D eigenvalue weighted by molar-refractivity contribution is 5.75. The highest BCUT2D eigenvalue weighted by Gasteiger charge is 2.24. The molecule has 0 unspecified atom stereocenters. The van der Waals surface area contributed by atoms with Crippen LogP contribution in [0.25, 0.3) is 16.9 Å². The highest BCUT2D eigenvalue weighted by atomic mass is 15.2. The number of aryl methyl sites for hydroxylation is 4. The number of allylic oxidation sites excluding steroid dienone is 2. The third-order valence-corrected chi connectivity index (χ3v) is 8.83. The molecule has 0 fully saturated rings. The average molecular weight is 569 g/mol. The van der Waals surface area contributed by atoms with Crippen molar-refractivity contribution in [1.82, 2.24) is 0 Å². The molecule has 0 N–H and O–H groups in total. The summed E-state index contributed by atoms with van der Waals surface area (Å²) in [6.45, 7) is 9.11. The number of rotatable bonds is 22. The van der Waals surface area contributed by atoms with Gasteiger partial charge in [-0.2, -0.15) is 0 Å². The summed E-state index contributed by atoms with van der Waals surface area (Å²) < 4.78 is 1.47. The van der Waals surface area contributed by atoms with Crippen molar-refractivity contribution in [3.63, 3.8) is 0 Å². The van der Waals surface area contributed by atoms with Crippen LogP contribution in [0.1, 0.15) is 164 Å². The van der Waals surface area contributed by atoms with Crippen LogP contribution in [0.4, 0.5) is 0 Å². The molecule has 0 spiro atoms. The Kier molecular flexibility index (Phi) is 15.9. The minimum atomic E-state index is 0.910. The van der Waals surface area contributed by atoms with Gasteiger partial charge in [0.1, 0.15) is 0 Å². The first-order valence-electron chi connectivity index (χ1n) is 17.8. The van der Waals surface area contributed by atoms with Gasteiger partial charge >= 0.3 is 0 Å². The number of unbranched alkanes of at least 4 members (excludes halogenated alkanes) is 12. The smallest absolute Gasteiger partial charge is 0.207 e. The Hall–Kier alpha value is -2.48. The van der Waals surface area contributed by atoms with Crippen LogP contribution in [0.5, 0.6) is 0 Å². The van der Waals surface area contributed by atoms with Gasteiger partial charge in [0.15, 0.2) is 0 Å². The van der Waals surface area contributed by atoms with E-state index in [-0.39, 0.29) is 0 Å². The summed E-state index contributed by atoms with van der Waals surface area (Å²) in [6.07, 6.45) is 29.2. The van der Waals surface area contributed by atoms with E-state index in [0.29, 0.717) is 0 Å². The Morgan fingerprint density at radius 2 is 0.690 bits per heavy atom. The second-order valence-corrected chi connectivity index (χ2v) is 12.7. The van der Waals surface area contributed by atoms with Crippen LogP contribution in [0, 0.1) is 0 Å². The third-order valence-electron chi connectivity index (χ3n) is 8.83. The van der Waals surface area contributed by atoms with Crippen molar-refractivity contribution < 1.29 is 4.70 Å². The monoisotopic (exact) mass is 568 g/mol. The summed E-state index contributed by atoms with van der Waals surface area (Å²) in [5, 5.41) is 0. The molecule has 1 heterocycles. The lowest BCUT2D eigenvalue weighted by atomic mass is 9.96. The zero-order valence-electron chi connectivity index (χ0n) is 27.7. The quantitative estimate of drug-likeness (QED) is 0.0997. The zero-order valence-corrected chi connectivity index (χ0v) is 27.7. The summed E-state index contributed by atoms with van der Waals surface area (Å²) in [4.78, 5) is 0. The molecule has 1 aliphatic rings. The van der Waals surface area contributed by atoms with Gasteiger partial charge in [-0.05, 0) is 97.9 Å². The van der Waals surface area contributed by atoms with E-state index in [1.807, 2.05) is 0 Å². The summed E-state index contributed by atoms with van der Waals surface area (Å²) in [5.74, 6) is 0. The molecule has 230 valence electrons. The Morgan fingerprint density at radius 3 is 0.952 bits per heavy atom. The highest BCUT2D eigenvalue weighted by Crippen LogP contribution is 2.33. The van der Waals surface area contributed by atoms with Crippen molar-refractivity contribution in [3.05, 3.63) is 87.5 Å². The Balaban J connectivity index is 1.81. The first kappa shape index (κ1) is 34.0. The number of nitrogens with zero attached hydrogens (tertiary/aromatic N) is 2. The molecule has 0 bridgehead atoms. The van der Waals surface area contributed by atoms with Crippen LogP contribution >= 0.6 is 0 Å². The average Bonchev–Trinajstić information content (AvgIpc) is 3.39. The van der Waals surface area contributed by atoms with Crippen LogP contribution in [0.3, 0.4) is 0 Å². The molecular formula is C40H60N2. The van der Waals surface area contributed by atoms with E-state index in [0.717, 1.165) is 48.2 Å². The maximum absolute atomic E-state index is 11.6. The van der Waals surface area contributed by atoms with Crippen LogP contribution < -0.4 is 0 Å². The van der Waals surface area contributed by atoms with Gasteiger partial charge < -0.3 is 5.53 Å². The van der Waals surface area contributed by atoms with Crippen molar-refractivity contribution in [3.8, 4) is 0 Å². The summed E-state index contributed by atoms with van der Waals surface area (Å²) in [5.41, 5.74) is 21.4. The van der Waals surface area contributed by atoms with E-state index in [9.17, 15) is 5.53 Å². The number of hydrogen-bond donors (Lipinski definition) is 0. The van der Waals surface area contributed by atoms with Crippen molar-refractivity contribution in [1.29, 1.82) is 0 Å². The fraction of sp³-hybridized carbons (Fsp3) is 0.600. The standard InChI is InChI=1S/C40H60N2/c1-5-9-13-17-21-33-27-34(22-18-14-10-6-2)30-37(29-33)39-25-26-40(42(39)41)38-31-35(23-19-15-11-7-3)28-36(32-38)24-20-16-12-8-4/h25-32H,5-24H2,1-4H3. The van der Waals surface area contributed by atoms with Crippen molar-refractivity contribution >= 4 is 11.4 Å². The summed E-state index contributed by atoms with van der Waals surface area (Å²) >= 11 is 0. The van der Waals surface area contributed by atoms with E-state index in [4.69, 9.17) is 0 Å². The van der Waals surface area contributed by atoms with Gasteiger partial charge in [-0.15, -0.1) is 0 Å². The first-order valence-corrected chi connectivity index (χ1v) is 17.8. The molecule has 2 nitrogen and oxygen atoms in total. The van der Waals surface area contributed by atoms with Gasteiger partial charge in [-0.3, -0.25) is 0 Å².